The highest BCUT2D eigenvalue weighted by Gasteiger charge is 2.12. The maximum Gasteiger partial charge on any atom is 0.352 e. The maximum absolute atomic E-state index is 11.5. The van der Waals surface area contributed by atoms with Crippen LogP contribution in [0.1, 0.15) is 23.8 Å². The van der Waals surface area contributed by atoms with E-state index in [0.29, 0.717) is 26.2 Å². The van der Waals surface area contributed by atoms with Crippen molar-refractivity contribution in [1.29, 1.82) is 0 Å². The number of hydrogen-bond donors (Lipinski definition) is 1. The lowest BCUT2D eigenvalue weighted by Gasteiger charge is -2.12. The fraction of sp³-hybridized carbons (Fsp3) is 0.500. The van der Waals surface area contributed by atoms with Crippen LogP contribution in [0.2, 0.25) is 0 Å². The van der Waals surface area contributed by atoms with Crippen molar-refractivity contribution < 1.29 is 19.4 Å². The van der Waals surface area contributed by atoms with Gasteiger partial charge in [0.25, 0.3) is 0 Å². The van der Waals surface area contributed by atoms with Crippen molar-refractivity contribution in [2.75, 3.05) is 20.3 Å². The summed E-state index contributed by atoms with van der Waals surface area (Å²) in [5, 5.41) is 9.02. The quantitative estimate of drug-likeness (QED) is 0.735. The summed E-state index contributed by atoms with van der Waals surface area (Å²) < 4.78 is 11.6. The van der Waals surface area contributed by atoms with Crippen LogP contribution in [-0.2, 0) is 11.3 Å². The van der Waals surface area contributed by atoms with E-state index < -0.39 is 11.4 Å². The highest BCUT2D eigenvalue weighted by molar-refractivity contribution is 5.85. The monoisotopic (exact) mass is 255 g/mol. The number of rotatable bonds is 7. The number of aryl methyl sites for hydroxylation is 1. The Labute approximate surface area is 105 Å². The average Bonchev–Trinajstić information content (AvgIpc) is 2.35. The van der Waals surface area contributed by atoms with Gasteiger partial charge in [0.2, 0.25) is 5.43 Å². The number of carbonyl (C=O) groups is 1. The Morgan fingerprint density at radius 1 is 1.50 bits per heavy atom. The van der Waals surface area contributed by atoms with Crippen LogP contribution in [0, 0.1) is 0 Å². The van der Waals surface area contributed by atoms with Gasteiger partial charge in [-0.1, -0.05) is 0 Å². The van der Waals surface area contributed by atoms with Crippen LogP contribution >= 0.6 is 0 Å². The van der Waals surface area contributed by atoms with Gasteiger partial charge in [0.1, 0.15) is 5.69 Å². The molecule has 1 rings (SSSR count). The number of carboxylic acid groups (broad SMARTS) is 1. The predicted molar refractivity (Wildman–Crippen MR) is 65.3 cm³/mol. The first-order chi connectivity index (χ1) is 8.60. The van der Waals surface area contributed by atoms with Gasteiger partial charge in [0.05, 0.1) is 13.3 Å². The van der Waals surface area contributed by atoms with Gasteiger partial charge in [-0.25, -0.2) is 4.79 Å². The van der Waals surface area contributed by atoms with E-state index in [-0.39, 0.29) is 11.4 Å². The lowest BCUT2D eigenvalue weighted by atomic mass is 10.3. The summed E-state index contributed by atoms with van der Waals surface area (Å²) in [6.45, 7) is 3.52. The molecule has 0 saturated heterocycles. The molecule has 6 nitrogen and oxygen atoms in total. The summed E-state index contributed by atoms with van der Waals surface area (Å²) in [5.74, 6) is -0.998. The van der Waals surface area contributed by atoms with Gasteiger partial charge >= 0.3 is 5.97 Å². The number of pyridine rings is 1. The average molecular weight is 255 g/mol. The molecule has 1 aromatic heterocycles. The third-order valence-corrected chi connectivity index (χ3v) is 2.42. The zero-order valence-electron chi connectivity index (χ0n) is 10.5. The van der Waals surface area contributed by atoms with Gasteiger partial charge in [0.15, 0.2) is 5.75 Å². The molecule has 0 saturated carbocycles. The van der Waals surface area contributed by atoms with E-state index in [4.69, 9.17) is 14.6 Å². The second kappa shape index (κ2) is 6.80. The van der Waals surface area contributed by atoms with Gasteiger partial charge in [-0.05, 0) is 13.3 Å². The van der Waals surface area contributed by atoms with Crippen molar-refractivity contribution in [3.8, 4) is 5.75 Å². The number of carboxylic acids is 1. The van der Waals surface area contributed by atoms with E-state index in [1.54, 1.807) is 0 Å². The van der Waals surface area contributed by atoms with E-state index >= 15 is 0 Å². The van der Waals surface area contributed by atoms with Gasteiger partial charge in [0, 0.05) is 25.8 Å². The smallest absolute Gasteiger partial charge is 0.352 e. The second-order valence-corrected chi connectivity index (χ2v) is 3.64. The minimum atomic E-state index is -1.13. The summed E-state index contributed by atoms with van der Waals surface area (Å²) in [6, 6.07) is 1.07. The van der Waals surface area contributed by atoms with Gasteiger partial charge < -0.3 is 19.1 Å². The van der Waals surface area contributed by atoms with Crippen LogP contribution in [0.4, 0.5) is 0 Å². The fourth-order valence-corrected chi connectivity index (χ4v) is 1.56. The first-order valence-corrected chi connectivity index (χ1v) is 5.69. The molecule has 0 aliphatic rings. The molecule has 6 heteroatoms. The largest absolute Gasteiger partial charge is 0.491 e. The topological polar surface area (TPSA) is 77.8 Å². The molecule has 0 spiro atoms. The van der Waals surface area contributed by atoms with Crippen molar-refractivity contribution in [2.24, 2.45) is 0 Å². The van der Waals surface area contributed by atoms with Gasteiger partial charge in [-0.15, -0.1) is 0 Å². The van der Waals surface area contributed by atoms with E-state index in [9.17, 15) is 9.59 Å². The van der Waals surface area contributed by atoms with E-state index in [2.05, 4.69) is 0 Å². The van der Waals surface area contributed by atoms with Crippen molar-refractivity contribution in [3.63, 3.8) is 0 Å². The normalized spacial score (nSPS) is 10.3. The highest BCUT2D eigenvalue weighted by atomic mass is 16.5. The third-order valence-electron chi connectivity index (χ3n) is 2.42. The minimum absolute atomic E-state index is 0.0442. The summed E-state index contributed by atoms with van der Waals surface area (Å²) in [6.07, 6.45) is 2.08. The molecule has 0 bridgehead atoms. The maximum atomic E-state index is 11.5. The Balaban J connectivity index is 2.92. The Kier molecular flexibility index (Phi) is 5.38. The van der Waals surface area contributed by atoms with E-state index in [1.807, 2.05) is 6.92 Å². The zero-order valence-corrected chi connectivity index (χ0v) is 10.5. The molecule has 0 atom stereocenters. The third kappa shape index (κ3) is 3.59. The van der Waals surface area contributed by atoms with Crippen molar-refractivity contribution in [2.45, 2.75) is 19.9 Å². The van der Waals surface area contributed by atoms with Gasteiger partial charge in [-0.3, -0.25) is 4.79 Å². The number of methoxy groups -OCH3 is 1. The van der Waals surface area contributed by atoms with Crippen molar-refractivity contribution in [1.82, 2.24) is 4.57 Å². The number of nitrogens with zero attached hydrogens (tertiary/aromatic N) is 1. The Hall–Kier alpha value is -1.82. The Morgan fingerprint density at radius 2 is 2.22 bits per heavy atom. The summed E-state index contributed by atoms with van der Waals surface area (Å²) in [5.41, 5.74) is -0.478. The lowest BCUT2D eigenvalue weighted by molar-refractivity contribution is 0.0682. The van der Waals surface area contributed by atoms with Crippen LogP contribution in [0.5, 0.6) is 5.75 Å². The predicted octanol–water partition coefficient (Wildman–Crippen LogP) is 0.982. The lowest BCUT2D eigenvalue weighted by Crippen LogP contribution is -2.18. The molecule has 1 aromatic rings. The number of ether oxygens (including phenoxy) is 2. The zero-order chi connectivity index (χ0) is 13.5. The summed E-state index contributed by atoms with van der Waals surface area (Å²) >= 11 is 0. The fourth-order valence-electron chi connectivity index (χ4n) is 1.56. The summed E-state index contributed by atoms with van der Waals surface area (Å²) in [7, 11) is 1.38. The molecular weight excluding hydrogens is 238 g/mol. The second-order valence-electron chi connectivity index (χ2n) is 3.64. The van der Waals surface area contributed by atoms with Crippen LogP contribution in [0.3, 0.4) is 0 Å². The molecule has 0 fully saturated rings. The highest BCUT2D eigenvalue weighted by Crippen LogP contribution is 2.07. The van der Waals surface area contributed by atoms with Crippen LogP contribution in [0.25, 0.3) is 0 Å². The van der Waals surface area contributed by atoms with Crippen LogP contribution < -0.4 is 10.2 Å². The standard InChI is InChI=1S/C12H17NO5/c1-3-18-6-4-5-13-8-11(17-2)10(14)7-9(13)12(15)16/h7-8H,3-6H2,1-2H3,(H,15,16). The molecule has 0 aliphatic heterocycles. The molecule has 0 radical (unpaired) electrons. The van der Waals surface area contributed by atoms with Gasteiger partial charge in [-0.2, -0.15) is 0 Å². The Bertz CT molecular complexity index is 466. The molecule has 1 N–H and O–H groups in total. The molecule has 0 amide bonds. The number of aromatic carboxylic acids is 1. The molecule has 0 aliphatic carbocycles. The van der Waals surface area contributed by atoms with Crippen LogP contribution in [0.15, 0.2) is 17.1 Å². The number of hydrogen-bond acceptors (Lipinski definition) is 4. The molecule has 18 heavy (non-hydrogen) atoms. The summed E-state index contributed by atoms with van der Waals surface area (Å²) in [4.78, 5) is 22.5. The van der Waals surface area contributed by atoms with Crippen molar-refractivity contribution >= 4 is 5.97 Å². The first-order valence-electron chi connectivity index (χ1n) is 5.69. The molecule has 0 aromatic carbocycles. The SMILES string of the molecule is CCOCCCn1cc(OC)c(=O)cc1C(=O)O. The molecule has 1 heterocycles. The first kappa shape index (κ1) is 14.2. The molecular formula is C12H17NO5. The van der Waals surface area contributed by atoms with Crippen molar-refractivity contribution in [3.05, 3.63) is 28.2 Å². The molecule has 0 unspecified atom stereocenters. The van der Waals surface area contributed by atoms with Crippen LogP contribution in [-0.4, -0.2) is 36.0 Å². The Morgan fingerprint density at radius 3 is 2.78 bits per heavy atom. The van der Waals surface area contributed by atoms with E-state index in [0.717, 1.165) is 6.07 Å². The number of aromatic nitrogens is 1. The molecule has 100 valence electrons. The minimum Gasteiger partial charge on any atom is -0.491 e. The van der Waals surface area contributed by atoms with E-state index in [1.165, 1.54) is 17.9 Å².